The Morgan fingerprint density at radius 3 is 2.19 bits per heavy atom. The van der Waals surface area contributed by atoms with Crippen molar-refractivity contribution in [3.63, 3.8) is 0 Å². The Morgan fingerprint density at radius 2 is 1.76 bits per heavy atom. The zero-order valence-electron chi connectivity index (χ0n) is 12.6. The Bertz CT molecular complexity index is 348. The third kappa shape index (κ3) is 7.87. The Balaban J connectivity index is 0.00000400. The van der Waals surface area contributed by atoms with E-state index in [-0.39, 0.29) is 30.8 Å². The van der Waals surface area contributed by atoms with E-state index in [1.165, 1.54) is 0 Å². The predicted octanol–water partition coefficient (Wildman–Crippen LogP) is 0.393. The van der Waals surface area contributed by atoms with E-state index in [1.807, 2.05) is 0 Å². The molecule has 0 bridgehead atoms. The molecule has 1 fully saturated rings. The van der Waals surface area contributed by atoms with Gasteiger partial charge in [0.15, 0.2) is 12.2 Å². The Hall–Kier alpha value is -0.543. The molecule has 3 atom stereocenters. The summed E-state index contributed by atoms with van der Waals surface area (Å²) in [6.07, 6.45) is -1.06. The normalized spacial score (nSPS) is 21.8. The van der Waals surface area contributed by atoms with Crippen LogP contribution in [0.3, 0.4) is 0 Å². The van der Waals surface area contributed by atoms with Crippen LogP contribution in [-0.4, -0.2) is 67.3 Å². The predicted molar refractivity (Wildman–Crippen MR) is 80.5 cm³/mol. The van der Waals surface area contributed by atoms with Crippen molar-refractivity contribution in [3.05, 3.63) is 0 Å². The molecule has 0 aromatic heterocycles. The fourth-order valence-corrected chi connectivity index (χ4v) is 1.97. The second-order valence-corrected chi connectivity index (χ2v) is 6.08. The summed E-state index contributed by atoms with van der Waals surface area (Å²) in [5, 5.41) is 11.5. The summed E-state index contributed by atoms with van der Waals surface area (Å²) in [6, 6.07) is -0.111. The molecule has 0 spiro atoms. The summed E-state index contributed by atoms with van der Waals surface area (Å²) in [7, 11) is 0. The fourth-order valence-electron chi connectivity index (χ4n) is 1.97. The third-order valence-corrected chi connectivity index (χ3v) is 2.87. The third-order valence-electron chi connectivity index (χ3n) is 2.87. The number of carbonyl (C=O) groups excluding carboxylic acids is 1. The van der Waals surface area contributed by atoms with Crippen LogP contribution >= 0.6 is 0 Å². The number of nitrogens with one attached hydrogen (secondary N) is 1. The number of hydrogen-bond donors (Lipinski definition) is 2. The monoisotopic (exact) mass is 295 g/mol. The summed E-state index contributed by atoms with van der Waals surface area (Å²) in [5.41, 5.74) is 0. The molecule has 7 heteroatoms. The molecule has 0 saturated carbocycles. The van der Waals surface area contributed by atoms with Crippen LogP contribution in [0.4, 0.5) is 0 Å². The van der Waals surface area contributed by atoms with Crippen molar-refractivity contribution in [2.75, 3.05) is 13.2 Å². The molecule has 21 heavy (non-hydrogen) atoms. The quantitative estimate of drug-likeness (QED) is 0.474. The van der Waals surface area contributed by atoms with E-state index < -0.39 is 18.2 Å². The number of carboxylic acids is 1. The molecule has 1 amide bonds. The first kappa shape index (κ1) is 20.5. The van der Waals surface area contributed by atoms with Crippen LogP contribution in [0.1, 0.15) is 34.1 Å². The van der Waals surface area contributed by atoms with Gasteiger partial charge in [-0.25, -0.2) is 4.79 Å². The molecule has 0 aromatic rings. The number of carbonyl (C=O) groups is 2. The molecular weight excluding hydrogens is 269 g/mol. The van der Waals surface area contributed by atoms with Crippen LogP contribution in [0, 0.1) is 11.8 Å². The van der Waals surface area contributed by atoms with Gasteiger partial charge >= 0.3 is 24.8 Å². The van der Waals surface area contributed by atoms with E-state index in [2.05, 4.69) is 33.0 Å². The SMILES string of the molecule is CC(C)COC[C@H](CC(C)C)NC(=O)[C@H]1O[C@@H]1C(=O)O.[LiH]. The van der Waals surface area contributed by atoms with Crippen LogP contribution in [0.2, 0.25) is 0 Å². The molecule has 118 valence electrons. The molecule has 0 unspecified atom stereocenters. The van der Waals surface area contributed by atoms with E-state index in [0.29, 0.717) is 25.0 Å². The number of hydrogen-bond acceptors (Lipinski definition) is 4. The van der Waals surface area contributed by atoms with Gasteiger partial charge in [0.05, 0.1) is 12.6 Å². The first-order chi connectivity index (χ1) is 9.31. The standard InChI is InChI=1S/C14H25NO5.Li.H/c1-8(2)5-10(7-19-6-9(3)4)15-13(16)11-12(20-11)14(17)18;;/h8-12H,5-7H2,1-4H3,(H,15,16)(H,17,18);;/t10-,11-,12-;;/m0../s1. The molecule has 0 radical (unpaired) electrons. The van der Waals surface area contributed by atoms with Gasteiger partial charge in [-0.05, 0) is 18.3 Å². The van der Waals surface area contributed by atoms with Crippen molar-refractivity contribution in [1.29, 1.82) is 0 Å². The zero-order valence-corrected chi connectivity index (χ0v) is 12.6. The van der Waals surface area contributed by atoms with Crippen molar-refractivity contribution >= 4 is 30.7 Å². The van der Waals surface area contributed by atoms with Gasteiger partial charge in [-0.3, -0.25) is 4.79 Å². The molecule has 1 heterocycles. The van der Waals surface area contributed by atoms with Crippen molar-refractivity contribution in [1.82, 2.24) is 5.32 Å². The maximum atomic E-state index is 11.9. The van der Waals surface area contributed by atoms with Gasteiger partial charge in [-0.1, -0.05) is 27.7 Å². The van der Waals surface area contributed by atoms with Gasteiger partial charge in [0.2, 0.25) is 0 Å². The topological polar surface area (TPSA) is 88.2 Å². The number of rotatable bonds is 9. The average Bonchev–Trinajstić information content (AvgIpc) is 3.06. The second-order valence-electron chi connectivity index (χ2n) is 6.08. The summed E-state index contributed by atoms with van der Waals surface area (Å²) < 4.78 is 10.4. The van der Waals surface area contributed by atoms with Gasteiger partial charge in [0.1, 0.15) is 0 Å². The first-order valence-electron chi connectivity index (χ1n) is 7.07. The van der Waals surface area contributed by atoms with E-state index in [4.69, 9.17) is 14.6 Å². The Labute approximate surface area is 138 Å². The minimum absolute atomic E-state index is 0. The van der Waals surface area contributed by atoms with Crippen molar-refractivity contribution < 1.29 is 24.2 Å². The molecule has 0 aliphatic carbocycles. The first-order valence-corrected chi connectivity index (χ1v) is 7.07. The number of epoxide rings is 1. The molecule has 1 rings (SSSR count). The Kier molecular flexibility index (Phi) is 9.22. The van der Waals surface area contributed by atoms with Crippen molar-refractivity contribution in [2.24, 2.45) is 11.8 Å². The number of aliphatic carboxylic acids is 1. The van der Waals surface area contributed by atoms with Gasteiger partial charge in [-0.15, -0.1) is 0 Å². The van der Waals surface area contributed by atoms with Crippen LogP contribution in [0.5, 0.6) is 0 Å². The summed E-state index contributed by atoms with van der Waals surface area (Å²) in [6.45, 7) is 9.33. The van der Waals surface area contributed by atoms with Crippen LogP contribution in [0.25, 0.3) is 0 Å². The zero-order chi connectivity index (χ0) is 15.3. The van der Waals surface area contributed by atoms with Crippen LogP contribution in [0.15, 0.2) is 0 Å². The Morgan fingerprint density at radius 1 is 1.14 bits per heavy atom. The van der Waals surface area contributed by atoms with Gasteiger partial charge < -0.3 is 19.9 Å². The average molecular weight is 295 g/mol. The molecule has 2 N–H and O–H groups in total. The van der Waals surface area contributed by atoms with Crippen LogP contribution in [-0.2, 0) is 19.1 Å². The van der Waals surface area contributed by atoms with E-state index >= 15 is 0 Å². The van der Waals surface area contributed by atoms with E-state index in [9.17, 15) is 9.59 Å². The number of amides is 1. The number of carboxylic acid groups (broad SMARTS) is 1. The minimum atomic E-state index is -1.10. The second kappa shape index (κ2) is 9.47. The van der Waals surface area contributed by atoms with Gasteiger partial charge in [0.25, 0.3) is 5.91 Å². The van der Waals surface area contributed by atoms with E-state index in [0.717, 1.165) is 6.42 Å². The van der Waals surface area contributed by atoms with E-state index in [1.54, 1.807) is 0 Å². The van der Waals surface area contributed by atoms with Crippen LogP contribution < -0.4 is 5.32 Å². The molecular formula is C14H26LiNO5. The van der Waals surface area contributed by atoms with Crippen molar-refractivity contribution in [3.8, 4) is 0 Å². The summed E-state index contributed by atoms with van der Waals surface area (Å²) in [4.78, 5) is 22.5. The summed E-state index contributed by atoms with van der Waals surface area (Å²) >= 11 is 0. The molecule has 0 aromatic carbocycles. The van der Waals surface area contributed by atoms with Crippen molar-refractivity contribution in [2.45, 2.75) is 52.4 Å². The molecule has 1 aliphatic heterocycles. The molecule has 1 aliphatic rings. The molecule has 6 nitrogen and oxygen atoms in total. The van der Waals surface area contributed by atoms with Gasteiger partial charge in [0, 0.05) is 6.61 Å². The number of ether oxygens (including phenoxy) is 2. The summed E-state index contributed by atoms with van der Waals surface area (Å²) in [5.74, 6) is -0.607. The maximum absolute atomic E-state index is 11.9. The van der Waals surface area contributed by atoms with Gasteiger partial charge in [-0.2, -0.15) is 0 Å². The molecule has 1 saturated heterocycles. The fraction of sp³-hybridized carbons (Fsp3) is 0.857.